The first-order chi connectivity index (χ1) is 8.92. The van der Waals surface area contributed by atoms with Crippen LogP contribution in [0, 0.1) is 6.92 Å². The SMILES string of the molecule is Cc1ccc(Cn2cnc(CNC(C)(C)C)n2)cc1. The van der Waals surface area contributed by atoms with Gasteiger partial charge in [0.05, 0.1) is 13.1 Å². The molecule has 1 heterocycles. The number of aryl methyl sites for hydroxylation is 1. The van der Waals surface area contributed by atoms with E-state index in [0.29, 0.717) is 6.54 Å². The first kappa shape index (κ1) is 13.7. The van der Waals surface area contributed by atoms with Crippen molar-refractivity contribution in [1.82, 2.24) is 20.1 Å². The molecule has 1 N–H and O–H groups in total. The second-order valence-electron chi connectivity index (χ2n) is 5.95. The molecule has 0 spiro atoms. The van der Waals surface area contributed by atoms with Gasteiger partial charge in [-0.2, -0.15) is 5.10 Å². The first-order valence-electron chi connectivity index (χ1n) is 6.61. The van der Waals surface area contributed by atoms with Crippen molar-refractivity contribution >= 4 is 0 Å². The zero-order valence-corrected chi connectivity index (χ0v) is 12.1. The predicted molar refractivity (Wildman–Crippen MR) is 76.9 cm³/mol. The number of nitrogens with one attached hydrogen (secondary N) is 1. The van der Waals surface area contributed by atoms with Crippen LogP contribution in [0.3, 0.4) is 0 Å². The van der Waals surface area contributed by atoms with Gasteiger partial charge in [0.25, 0.3) is 0 Å². The maximum absolute atomic E-state index is 4.47. The van der Waals surface area contributed by atoms with E-state index in [4.69, 9.17) is 0 Å². The molecule has 0 unspecified atom stereocenters. The molecule has 19 heavy (non-hydrogen) atoms. The highest BCUT2D eigenvalue weighted by atomic mass is 15.3. The van der Waals surface area contributed by atoms with Crippen LogP contribution in [0.5, 0.6) is 0 Å². The molecule has 2 aromatic rings. The Morgan fingerprint density at radius 3 is 2.47 bits per heavy atom. The Morgan fingerprint density at radius 2 is 1.84 bits per heavy atom. The summed E-state index contributed by atoms with van der Waals surface area (Å²) < 4.78 is 1.88. The zero-order chi connectivity index (χ0) is 13.9. The van der Waals surface area contributed by atoms with E-state index < -0.39 is 0 Å². The molecule has 0 aliphatic heterocycles. The minimum absolute atomic E-state index is 0.0857. The van der Waals surface area contributed by atoms with Gasteiger partial charge in [0.15, 0.2) is 5.82 Å². The summed E-state index contributed by atoms with van der Waals surface area (Å²) in [6.45, 7) is 9.96. The number of hydrogen-bond donors (Lipinski definition) is 1. The zero-order valence-electron chi connectivity index (χ0n) is 12.1. The molecule has 0 saturated heterocycles. The Bertz CT molecular complexity index is 520. The van der Waals surface area contributed by atoms with Crippen LogP contribution in [0.15, 0.2) is 30.6 Å². The monoisotopic (exact) mass is 258 g/mol. The first-order valence-corrected chi connectivity index (χ1v) is 6.61. The third kappa shape index (κ3) is 4.48. The Balaban J connectivity index is 1.95. The molecule has 0 aliphatic carbocycles. The normalized spacial score (nSPS) is 11.8. The lowest BCUT2D eigenvalue weighted by Crippen LogP contribution is -2.35. The van der Waals surface area contributed by atoms with Gasteiger partial charge in [0, 0.05) is 5.54 Å². The number of rotatable bonds is 4. The third-order valence-corrected chi connectivity index (χ3v) is 2.83. The van der Waals surface area contributed by atoms with Gasteiger partial charge in [0.1, 0.15) is 6.33 Å². The van der Waals surface area contributed by atoms with E-state index in [1.54, 1.807) is 6.33 Å². The smallest absolute Gasteiger partial charge is 0.164 e. The molecule has 0 amide bonds. The number of aromatic nitrogens is 3. The summed E-state index contributed by atoms with van der Waals surface area (Å²) in [5, 5.41) is 7.86. The topological polar surface area (TPSA) is 42.7 Å². The highest BCUT2D eigenvalue weighted by Crippen LogP contribution is 2.05. The van der Waals surface area contributed by atoms with Gasteiger partial charge in [-0.15, -0.1) is 0 Å². The molecule has 1 aromatic heterocycles. The number of benzene rings is 1. The molecule has 4 heteroatoms. The van der Waals surface area contributed by atoms with Crippen molar-refractivity contribution in [2.75, 3.05) is 0 Å². The Labute approximate surface area is 114 Å². The fourth-order valence-corrected chi connectivity index (χ4v) is 1.72. The summed E-state index contributed by atoms with van der Waals surface area (Å²) in [4.78, 5) is 4.32. The van der Waals surface area contributed by atoms with E-state index >= 15 is 0 Å². The van der Waals surface area contributed by atoms with Gasteiger partial charge in [-0.3, -0.25) is 0 Å². The molecule has 0 atom stereocenters. The highest BCUT2D eigenvalue weighted by molar-refractivity contribution is 5.21. The van der Waals surface area contributed by atoms with Gasteiger partial charge in [-0.05, 0) is 33.3 Å². The van der Waals surface area contributed by atoms with E-state index in [-0.39, 0.29) is 5.54 Å². The molecule has 0 saturated carbocycles. The molecule has 2 rings (SSSR count). The lowest BCUT2D eigenvalue weighted by Gasteiger charge is -2.19. The lowest BCUT2D eigenvalue weighted by atomic mass is 10.1. The highest BCUT2D eigenvalue weighted by Gasteiger charge is 2.10. The van der Waals surface area contributed by atoms with E-state index in [0.717, 1.165) is 12.4 Å². The predicted octanol–water partition coefficient (Wildman–Crippen LogP) is 2.52. The third-order valence-electron chi connectivity index (χ3n) is 2.83. The standard InChI is InChI=1S/C15H22N4/c1-12-5-7-13(8-6-12)10-19-11-16-14(18-19)9-17-15(2,3)4/h5-8,11,17H,9-10H2,1-4H3. The summed E-state index contributed by atoms with van der Waals surface area (Å²) in [6.07, 6.45) is 1.79. The van der Waals surface area contributed by atoms with E-state index in [9.17, 15) is 0 Å². The average molecular weight is 258 g/mol. The fourth-order valence-electron chi connectivity index (χ4n) is 1.72. The summed E-state index contributed by atoms with van der Waals surface area (Å²) in [5.41, 5.74) is 2.60. The molecular formula is C15H22N4. The van der Waals surface area contributed by atoms with Crippen LogP contribution in [0.1, 0.15) is 37.7 Å². The summed E-state index contributed by atoms with van der Waals surface area (Å²) in [7, 11) is 0. The van der Waals surface area contributed by atoms with E-state index in [1.165, 1.54) is 11.1 Å². The summed E-state index contributed by atoms with van der Waals surface area (Å²) in [5.74, 6) is 0.835. The van der Waals surface area contributed by atoms with Gasteiger partial charge in [0.2, 0.25) is 0 Å². The van der Waals surface area contributed by atoms with Crippen LogP contribution in [0.4, 0.5) is 0 Å². The quantitative estimate of drug-likeness (QED) is 0.916. The van der Waals surface area contributed by atoms with Crippen LogP contribution in [0.2, 0.25) is 0 Å². The van der Waals surface area contributed by atoms with E-state index in [1.807, 2.05) is 4.68 Å². The van der Waals surface area contributed by atoms with Crippen molar-refractivity contribution in [3.8, 4) is 0 Å². The van der Waals surface area contributed by atoms with Crippen molar-refractivity contribution < 1.29 is 0 Å². The van der Waals surface area contributed by atoms with E-state index in [2.05, 4.69) is 67.4 Å². The van der Waals surface area contributed by atoms with Gasteiger partial charge < -0.3 is 5.32 Å². The maximum atomic E-state index is 4.47. The van der Waals surface area contributed by atoms with Gasteiger partial charge in [-0.1, -0.05) is 29.8 Å². The summed E-state index contributed by atoms with van der Waals surface area (Å²) >= 11 is 0. The molecule has 102 valence electrons. The number of nitrogens with zero attached hydrogens (tertiary/aromatic N) is 3. The number of hydrogen-bond acceptors (Lipinski definition) is 3. The largest absolute Gasteiger partial charge is 0.305 e. The molecule has 0 aliphatic rings. The van der Waals surface area contributed by atoms with Gasteiger partial charge in [-0.25, -0.2) is 9.67 Å². The minimum atomic E-state index is 0.0857. The van der Waals surface area contributed by atoms with Crippen molar-refractivity contribution in [1.29, 1.82) is 0 Å². The Morgan fingerprint density at radius 1 is 1.16 bits per heavy atom. The van der Waals surface area contributed by atoms with Crippen LogP contribution in [0.25, 0.3) is 0 Å². The van der Waals surface area contributed by atoms with Crippen molar-refractivity contribution in [3.05, 3.63) is 47.5 Å². The van der Waals surface area contributed by atoms with Crippen LogP contribution in [-0.2, 0) is 13.1 Å². The maximum Gasteiger partial charge on any atom is 0.164 e. The molecule has 0 fully saturated rings. The minimum Gasteiger partial charge on any atom is -0.305 e. The fraction of sp³-hybridized carbons (Fsp3) is 0.467. The Kier molecular flexibility index (Phi) is 4.00. The van der Waals surface area contributed by atoms with Crippen LogP contribution in [-0.4, -0.2) is 20.3 Å². The van der Waals surface area contributed by atoms with Crippen molar-refractivity contribution in [3.63, 3.8) is 0 Å². The second kappa shape index (κ2) is 5.53. The van der Waals surface area contributed by atoms with Crippen molar-refractivity contribution in [2.24, 2.45) is 0 Å². The van der Waals surface area contributed by atoms with Crippen LogP contribution < -0.4 is 5.32 Å². The summed E-state index contributed by atoms with van der Waals surface area (Å²) in [6, 6.07) is 8.50. The Hall–Kier alpha value is -1.68. The average Bonchev–Trinajstić information content (AvgIpc) is 2.77. The lowest BCUT2D eigenvalue weighted by molar-refractivity contribution is 0.417. The second-order valence-corrected chi connectivity index (χ2v) is 5.95. The molecule has 0 bridgehead atoms. The van der Waals surface area contributed by atoms with Crippen molar-refractivity contribution in [2.45, 2.75) is 46.3 Å². The van der Waals surface area contributed by atoms with Crippen LogP contribution >= 0.6 is 0 Å². The molecule has 1 aromatic carbocycles. The van der Waals surface area contributed by atoms with Gasteiger partial charge >= 0.3 is 0 Å². The molecule has 4 nitrogen and oxygen atoms in total. The molecule has 0 radical (unpaired) electrons. The molecular weight excluding hydrogens is 236 g/mol.